The fraction of sp³-hybridized carbons (Fsp3) is 0.571. The highest BCUT2D eigenvalue weighted by Crippen LogP contribution is 2.16. The molecule has 0 aliphatic rings. The number of nitrogens with zero attached hydrogens (tertiary/aromatic N) is 1. The molecule has 0 aliphatic carbocycles. The molecule has 0 spiro atoms. The molecule has 1 aromatic carbocycles. The van der Waals surface area contributed by atoms with Gasteiger partial charge in [0.05, 0.1) is 0 Å². The van der Waals surface area contributed by atoms with Crippen molar-refractivity contribution >= 4 is 5.69 Å². The van der Waals surface area contributed by atoms with Crippen LogP contribution in [0.25, 0.3) is 0 Å². The predicted octanol–water partition coefficient (Wildman–Crippen LogP) is 1.61. The number of likely N-dealkylation sites (N-methyl/N-ethyl adjacent to an activating group) is 1. The number of rotatable bonds is 6. The van der Waals surface area contributed by atoms with Gasteiger partial charge in [-0.25, -0.2) is 0 Å². The minimum absolute atomic E-state index is 0.0374. The molecule has 0 aliphatic heterocycles. The van der Waals surface area contributed by atoms with Crippen molar-refractivity contribution in [3.8, 4) is 0 Å². The molecule has 1 aromatic rings. The number of nitrogens with two attached hydrogens (primary N) is 2. The van der Waals surface area contributed by atoms with Crippen LogP contribution in [0.1, 0.15) is 19.4 Å². The summed E-state index contributed by atoms with van der Waals surface area (Å²) in [5.41, 5.74) is 14.0. The second kappa shape index (κ2) is 6.62. The third kappa shape index (κ3) is 4.75. The van der Waals surface area contributed by atoms with Crippen molar-refractivity contribution in [1.29, 1.82) is 0 Å². The quantitative estimate of drug-likeness (QED) is 0.787. The van der Waals surface area contributed by atoms with E-state index in [0.29, 0.717) is 12.5 Å². The normalized spacial score (nSPS) is 12.8. The Bertz CT molecular complexity index is 319. The molecule has 0 aromatic heterocycles. The summed E-state index contributed by atoms with van der Waals surface area (Å²) in [5, 5.41) is 0. The van der Waals surface area contributed by atoms with Gasteiger partial charge in [-0.05, 0) is 30.0 Å². The Morgan fingerprint density at radius 3 is 2.24 bits per heavy atom. The lowest BCUT2D eigenvalue weighted by atomic mass is 10.0. The molecule has 1 rings (SSSR count). The van der Waals surface area contributed by atoms with Crippen molar-refractivity contribution in [2.45, 2.75) is 26.3 Å². The fourth-order valence-corrected chi connectivity index (χ4v) is 1.89. The smallest absolute Gasteiger partial charge is 0.0364 e. The first-order chi connectivity index (χ1) is 8.02. The molecule has 0 bridgehead atoms. The molecule has 0 fully saturated rings. The second-order valence-corrected chi connectivity index (χ2v) is 5.14. The minimum Gasteiger partial charge on any atom is -0.373 e. The van der Waals surface area contributed by atoms with Gasteiger partial charge in [-0.1, -0.05) is 26.0 Å². The molecule has 1 unspecified atom stereocenters. The maximum atomic E-state index is 5.84. The summed E-state index contributed by atoms with van der Waals surface area (Å²) in [6.45, 7) is 5.79. The van der Waals surface area contributed by atoms with E-state index in [9.17, 15) is 0 Å². The largest absolute Gasteiger partial charge is 0.373 e. The highest BCUT2D eigenvalue weighted by molar-refractivity contribution is 5.47. The number of hydrogen-bond acceptors (Lipinski definition) is 3. The minimum atomic E-state index is 0.0374. The Kier molecular flexibility index (Phi) is 5.45. The van der Waals surface area contributed by atoms with E-state index < -0.39 is 0 Å². The first-order valence-electron chi connectivity index (χ1n) is 6.28. The SMILES string of the molecule is CC(C)Cc1ccc(N(C)CC(N)CN)cc1. The maximum Gasteiger partial charge on any atom is 0.0364 e. The molecule has 3 nitrogen and oxygen atoms in total. The van der Waals surface area contributed by atoms with Gasteiger partial charge in [0, 0.05) is 31.9 Å². The Labute approximate surface area is 105 Å². The average molecular weight is 235 g/mol. The van der Waals surface area contributed by atoms with E-state index in [1.54, 1.807) is 0 Å². The molecule has 3 heteroatoms. The lowest BCUT2D eigenvalue weighted by Gasteiger charge is -2.22. The van der Waals surface area contributed by atoms with Crippen molar-refractivity contribution in [2.75, 3.05) is 25.0 Å². The fourth-order valence-electron chi connectivity index (χ4n) is 1.89. The van der Waals surface area contributed by atoms with Gasteiger partial charge in [0.15, 0.2) is 0 Å². The molecule has 0 radical (unpaired) electrons. The van der Waals surface area contributed by atoms with Crippen LogP contribution in [0.3, 0.4) is 0 Å². The molecule has 17 heavy (non-hydrogen) atoms. The van der Waals surface area contributed by atoms with Crippen LogP contribution in [0, 0.1) is 5.92 Å². The summed E-state index contributed by atoms with van der Waals surface area (Å²) in [6, 6.07) is 8.73. The summed E-state index contributed by atoms with van der Waals surface area (Å²) in [5.74, 6) is 0.698. The average Bonchev–Trinajstić information content (AvgIpc) is 2.28. The van der Waals surface area contributed by atoms with Crippen molar-refractivity contribution in [2.24, 2.45) is 17.4 Å². The van der Waals surface area contributed by atoms with Crippen molar-refractivity contribution < 1.29 is 0 Å². The monoisotopic (exact) mass is 235 g/mol. The molecular weight excluding hydrogens is 210 g/mol. The van der Waals surface area contributed by atoms with Crippen LogP contribution in [0.5, 0.6) is 0 Å². The Hall–Kier alpha value is -1.06. The zero-order chi connectivity index (χ0) is 12.8. The van der Waals surface area contributed by atoms with E-state index in [4.69, 9.17) is 11.5 Å². The molecule has 0 amide bonds. The van der Waals surface area contributed by atoms with Crippen LogP contribution < -0.4 is 16.4 Å². The zero-order valence-corrected chi connectivity index (χ0v) is 11.2. The Balaban J connectivity index is 2.60. The summed E-state index contributed by atoms with van der Waals surface area (Å²) in [7, 11) is 2.05. The lowest BCUT2D eigenvalue weighted by Crippen LogP contribution is -2.40. The van der Waals surface area contributed by atoms with Gasteiger partial charge in [-0.3, -0.25) is 0 Å². The topological polar surface area (TPSA) is 55.3 Å². The summed E-state index contributed by atoms with van der Waals surface area (Å²) in [4.78, 5) is 2.15. The second-order valence-electron chi connectivity index (χ2n) is 5.14. The number of benzene rings is 1. The van der Waals surface area contributed by atoms with E-state index in [0.717, 1.165) is 13.0 Å². The third-order valence-corrected chi connectivity index (χ3v) is 2.83. The van der Waals surface area contributed by atoms with Gasteiger partial charge in [0.2, 0.25) is 0 Å². The first kappa shape index (κ1) is 14.0. The van der Waals surface area contributed by atoms with Gasteiger partial charge >= 0.3 is 0 Å². The predicted molar refractivity (Wildman–Crippen MR) is 75.3 cm³/mol. The van der Waals surface area contributed by atoms with E-state index in [-0.39, 0.29) is 6.04 Å². The van der Waals surface area contributed by atoms with Gasteiger partial charge < -0.3 is 16.4 Å². The molecular formula is C14H25N3. The summed E-state index contributed by atoms with van der Waals surface area (Å²) >= 11 is 0. The van der Waals surface area contributed by atoms with Crippen LogP contribution in [-0.4, -0.2) is 26.2 Å². The Morgan fingerprint density at radius 1 is 1.18 bits per heavy atom. The molecule has 0 saturated carbocycles. The maximum absolute atomic E-state index is 5.84. The Morgan fingerprint density at radius 2 is 1.76 bits per heavy atom. The van der Waals surface area contributed by atoms with Crippen LogP contribution >= 0.6 is 0 Å². The van der Waals surface area contributed by atoms with E-state index >= 15 is 0 Å². The molecule has 1 atom stereocenters. The van der Waals surface area contributed by atoms with Crippen molar-refractivity contribution in [1.82, 2.24) is 0 Å². The number of anilines is 1. The molecule has 96 valence electrons. The third-order valence-electron chi connectivity index (χ3n) is 2.83. The molecule has 4 N–H and O–H groups in total. The van der Waals surface area contributed by atoms with Gasteiger partial charge in [-0.15, -0.1) is 0 Å². The first-order valence-corrected chi connectivity index (χ1v) is 6.28. The van der Waals surface area contributed by atoms with E-state index in [2.05, 4.69) is 43.0 Å². The zero-order valence-electron chi connectivity index (χ0n) is 11.2. The lowest BCUT2D eigenvalue weighted by molar-refractivity contribution is 0.647. The van der Waals surface area contributed by atoms with Crippen molar-refractivity contribution in [3.05, 3.63) is 29.8 Å². The van der Waals surface area contributed by atoms with Gasteiger partial charge in [0.1, 0.15) is 0 Å². The van der Waals surface area contributed by atoms with Gasteiger partial charge in [-0.2, -0.15) is 0 Å². The number of hydrogen-bond donors (Lipinski definition) is 2. The van der Waals surface area contributed by atoms with Crippen molar-refractivity contribution in [3.63, 3.8) is 0 Å². The standard InChI is InChI=1S/C14H25N3/c1-11(2)8-12-4-6-14(7-5-12)17(3)10-13(16)9-15/h4-7,11,13H,8-10,15-16H2,1-3H3. The highest BCUT2D eigenvalue weighted by Gasteiger charge is 2.06. The van der Waals surface area contributed by atoms with Gasteiger partial charge in [0.25, 0.3) is 0 Å². The highest BCUT2D eigenvalue weighted by atomic mass is 15.1. The summed E-state index contributed by atoms with van der Waals surface area (Å²) < 4.78 is 0. The summed E-state index contributed by atoms with van der Waals surface area (Å²) in [6.07, 6.45) is 1.13. The molecule has 0 saturated heterocycles. The molecule has 0 heterocycles. The van der Waals surface area contributed by atoms with Crippen LogP contribution in [-0.2, 0) is 6.42 Å². The van der Waals surface area contributed by atoms with Crippen LogP contribution in [0.15, 0.2) is 24.3 Å². The van der Waals surface area contributed by atoms with E-state index in [1.807, 2.05) is 7.05 Å². The van der Waals surface area contributed by atoms with Crippen LogP contribution in [0.2, 0.25) is 0 Å². The van der Waals surface area contributed by atoms with Crippen LogP contribution in [0.4, 0.5) is 5.69 Å². The van der Waals surface area contributed by atoms with E-state index in [1.165, 1.54) is 11.3 Å².